The Kier molecular flexibility index (Phi) is 6.00. The molecule has 6 heteroatoms. The fourth-order valence-electron chi connectivity index (χ4n) is 1.79. The molecule has 0 amide bonds. The minimum Gasteiger partial charge on any atom is -0.459 e. The number of pyridine rings is 1. The lowest BCUT2D eigenvalue weighted by Crippen LogP contribution is -2.37. The monoisotopic (exact) mass is 368 g/mol. The van der Waals surface area contributed by atoms with Gasteiger partial charge in [0, 0.05) is 17.2 Å². The van der Waals surface area contributed by atoms with Gasteiger partial charge in [-0.3, -0.25) is 14.6 Å². The molecule has 0 N–H and O–H groups in total. The van der Waals surface area contributed by atoms with Crippen molar-refractivity contribution in [2.75, 3.05) is 7.05 Å². The lowest BCUT2D eigenvalue weighted by Gasteiger charge is -2.23. The summed E-state index contributed by atoms with van der Waals surface area (Å²) in [4.78, 5) is 33.3. The maximum absolute atomic E-state index is 12.7. The number of aryl methyl sites for hydroxylation is 1. The summed E-state index contributed by atoms with van der Waals surface area (Å²) in [5, 5.41) is 0. The number of hydrogen-bond donors (Lipinski definition) is 0. The molecular weight excluding hydrogens is 348 g/mol. The van der Waals surface area contributed by atoms with Crippen LogP contribution in [0.15, 0.2) is 21.6 Å². The number of ether oxygens (including phenoxy) is 1. The molecule has 1 aromatic heterocycles. The average Bonchev–Trinajstić information content (AvgIpc) is 2.39. The van der Waals surface area contributed by atoms with Crippen LogP contribution in [0.5, 0.6) is 0 Å². The van der Waals surface area contributed by atoms with Gasteiger partial charge in [0.25, 0.3) is 0 Å². The van der Waals surface area contributed by atoms with Crippen molar-refractivity contribution >= 4 is 33.4 Å². The van der Waals surface area contributed by atoms with Gasteiger partial charge in [-0.05, 0) is 62.7 Å². The number of nitrogens with zero attached hydrogens (tertiary/aromatic N) is 2. The molecule has 1 unspecified atom stereocenters. The Morgan fingerprint density at radius 2 is 1.91 bits per heavy atom. The first-order valence-electron chi connectivity index (χ1n) is 6.90. The lowest BCUT2D eigenvalue weighted by molar-refractivity contribution is -0.155. The summed E-state index contributed by atoms with van der Waals surface area (Å²) >= 11 is 3.34. The van der Waals surface area contributed by atoms with Crippen molar-refractivity contribution in [3.8, 4) is 0 Å². The maximum atomic E-state index is 12.7. The van der Waals surface area contributed by atoms with Crippen molar-refractivity contribution in [1.29, 1.82) is 0 Å². The number of aliphatic imine (C=N–C) groups is 1. The molecule has 0 bridgehead atoms. The third-order valence-electron chi connectivity index (χ3n) is 2.95. The summed E-state index contributed by atoms with van der Waals surface area (Å²) in [6.45, 7) is 8.69. The van der Waals surface area contributed by atoms with Crippen LogP contribution in [0.2, 0.25) is 0 Å². The average molecular weight is 369 g/mol. The smallest absolute Gasteiger partial charge is 0.323 e. The molecule has 0 aliphatic carbocycles. The summed E-state index contributed by atoms with van der Waals surface area (Å²) in [6.07, 6.45) is 0. The number of carbonyl (C=O) groups is 2. The number of esters is 1. The van der Waals surface area contributed by atoms with E-state index in [-0.39, 0.29) is 5.69 Å². The number of ketones is 1. The number of rotatable bonds is 4. The van der Waals surface area contributed by atoms with E-state index in [2.05, 4.69) is 25.9 Å². The Bertz CT molecular complexity index is 618. The molecule has 22 heavy (non-hydrogen) atoms. The van der Waals surface area contributed by atoms with E-state index < -0.39 is 23.3 Å². The Hall–Kier alpha value is -1.56. The van der Waals surface area contributed by atoms with Crippen LogP contribution in [0.1, 0.15) is 43.9 Å². The zero-order chi connectivity index (χ0) is 17.1. The predicted molar refractivity (Wildman–Crippen MR) is 89.4 cm³/mol. The van der Waals surface area contributed by atoms with Crippen LogP contribution in [0.25, 0.3) is 0 Å². The maximum Gasteiger partial charge on any atom is 0.323 e. The zero-order valence-electron chi connectivity index (χ0n) is 13.7. The third kappa shape index (κ3) is 4.73. The fraction of sp³-hybridized carbons (Fsp3) is 0.500. The largest absolute Gasteiger partial charge is 0.459 e. The zero-order valence-corrected chi connectivity index (χ0v) is 15.3. The summed E-state index contributed by atoms with van der Waals surface area (Å²) in [7, 11) is 1.54. The van der Waals surface area contributed by atoms with Crippen molar-refractivity contribution in [2.24, 2.45) is 10.9 Å². The van der Waals surface area contributed by atoms with Crippen LogP contribution < -0.4 is 0 Å². The van der Waals surface area contributed by atoms with E-state index in [1.165, 1.54) is 0 Å². The molecule has 0 radical (unpaired) electrons. The quantitative estimate of drug-likeness (QED) is 0.353. The lowest BCUT2D eigenvalue weighted by atomic mass is 9.96. The van der Waals surface area contributed by atoms with E-state index in [9.17, 15) is 9.59 Å². The molecule has 0 saturated carbocycles. The Balaban J connectivity index is 3.19. The standard InChI is InChI=1S/C16H21BrN2O3/c1-9-11(17)7-8-12(19-9)14(20)13(10(2)18-6)15(21)22-16(3,4)5/h7-8,13H,1-6H3/b18-10+. The molecule has 0 fully saturated rings. The molecule has 0 aliphatic rings. The van der Waals surface area contributed by atoms with Gasteiger partial charge in [0.15, 0.2) is 5.92 Å². The number of halogens is 1. The highest BCUT2D eigenvalue weighted by Crippen LogP contribution is 2.19. The van der Waals surface area contributed by atoms with Gasteiger partial charge in [0.2, 0.25) is 5.78 Å². The van der Waals surface area contributed by atoms with Crippen molar-refractivity contribution < 1.29 is 14.3 Å². The van der Waals surface area contributed by atoms with Gasteiger partial charge in [-0.25, -0.2) is 4.98 Å². The predicted octanol–water partition coefficient (Wildman–Crippen LogP) is 3.38. The van der Waals surface area contributed by atoms with E-state index in [4.69, 9.17) is 4.74 Å². The summed E-state index contributed by atoms with van der Waals surface area (Å²) in [6, 6.07) is 3.32. The van der Waals surface area contributed by atoms with Crippen LogP contribution in [-0.4, -0.2) is 35.1 Å². The Morgan fingerprint density at radius 1 is 1.32 bits per heavy atom. The highest BCUT2D eigenvalue weighted by molar-refractivity contribution is 9.10. The minimum absolute atomic E-state index is 0.222. The second-order valence-electron chi connectivity index (χ2n) is 5.96. The molecule has 0 aliphatic heterocycles. The van der Waals surface area contributed by atoms with Gasteiger partial charge in [-0.15, -0.1) is 0 Å². The topological polar surface area (TPSA) is 68.6 Å². The first kappa shape index (κ1) is 18.5. The van der Waals surface area contributed by atoms with Gasteiger partial charge in [0.1, 0.15) is 11.3 Å². The van der Waals surface area contributed by atoms with Crippen LogP contribution in [0.4, 0.5) is 0 Å². The molecular formula is C16H21BrN2O3. The first-order chi connectivity index (χ1) is 10.1. The fourth-order valence-corrected chi connectivity index (χ4v) is 2.01. The summed E-state index contributed by atoms with van der Waals surface area (Å²) in [5.74, 6) is -2.09. The van der Waals surface area contributed by atoms with E-state index in [1.54, 1.807) is 53.8 Å². The van der Waals surface area contributed by atoms with Crippen molar-refractivity contribution in [1.82, 2.24) is 4.98 Å². The van der Waals surface area contributed by atoms with Gasteiger partial charge < -0.3 is 4.74 Å². The highest BCUT2D eigenvalue weighted by atomic mass is 79.9. The number of aromatic nitrogens is 1. The number of carbonyl (C=O) groups excluding carboxylic acids is 2. The van der Waals surface area contributed by atoms with Crippen LogP contribution in [0, 0.1) is 12.8 Å². The second kappa shape index (κ2) is 7.13. The van der Waals surface area contributed by atoms with Gasteiger partial charge in [-0.2, -0.15) is 0 Å². The normalized spacial score (nSPS) is 13.7. The van der Waals surface area contributed by atoms with Crippen molar-refractivity contribution in [2.45, 2.75) is 40.2 Å². The molecule has 0 aromatic carbocycles. The van der Waals surface area contributed by atoms with Crippen LogP contribution in [0.3, 0.4) is 0 Å². The molecule has 1 aromatic rings. The van der Waals surface area contributed by atoms with Crippen LogP contribution in [-0.2, 0) is 9.53 Å². The van der Waals surface area contributed by atoms with Gasteiger partial charge in [-0.1, -0.05) is 0 Å². The van der Waals surface area contributed by atoms with Gasteiger partial charge in [0.05, 0.1) is 5.69 Å². The number of hydrogen-bond acceptors (Lipinski definition) is 5. The molecule has 1 atom stereocenters. The molecule has 0 spiro atoms. The van der Waals surface area contributed by atoms with E-state index in [0.717, 1.165) is 4.47 Å². The Labute approximate surface area is 139 Å². The Morgan fingerprint density at radius 3 is 2.36 bits per heavy atom. The molecule has 1 heterocycles. The SMILES string of the molecule is C/N=C(\C)C(C(=O)OC(C)(C)C)C(=O)c1ccc(Br)c(C)n1. The van der Waals surface area contributed by atoms with Crippen molar-refractivity contribution in [3.63, 3.8) is 0 Å². The van der Waals surface area contributed by atoms with E-state index in [1.807, 2.05) is 0 Å². The van der Waals surface area contributed by atoms with Crippen LogP contribution >= 0.6 is 15.9 Å². The highest BCUT2D eigenvalue weighted by Gasteiger charge is 2.34. The van der Waals surface area contributed by atoms with E-state index >= 15 is 0 Å². The van der Waals surface area contributed by atoms with Crippen molar-refractivity contribution in [3.05, 3.63) is 28.0 Å². The molecule has 120 valence electrons. The summed E-state index contributed by atoms with van der Waals surface area (Å²) in [5.41, 5.74) is 0.633. The van der Waals surface area contributed by atoms with Gasteiger partial charge >= 0.3 is 5.97 Å². The molecule has 1 rings (SSSR count). The number of Topliss-reactive ketones (excluding diaryl/α,β-unsaturated/α-hetero) is 1. The summed E-state index contributed by atoms with van der Waals surface area (Å²) < 4.78 is 6.15. The van der Waals surface area contributed by atoms with E-state index in [0.29, 0.717) is 11.4 Å². The third-order valence-corrected chi connectivity index (χ3v) is 3.79. The second-order valence-corrected chi connectivity index (χ2v) is 6.81. The molecule has 5 nitrogen and oxygen atoms in total. The first-order valence-corrected chi connectivity index (χ1v) is 7.69. The molecule has 0 saturated heterocycles. The minimum atomic E-state index is -1.07.